The molecular weight excluding hydrogens is 326 g/mol. The lowest BCUT2D eigenvalue weighted by atomic mass is 10.1. The van der Waals surface area contributed by atoms with Crippen LogP contribution in [-0.2, 0) is 0 Å². The van der Waals surface area contributed by atoms with Crippen LogP contribution >= 0.6 is 0 Å². The van der Waals surface area contributed by atoms with E-state index in [1.54, 1.807) is 24.3 Å². The Morgan fingerprint density at radius 1 is 1.28 bits per heavy atom. The maximum absolute atomic E-state index is 13.5. The number of hydrogen-bond acceptors (Lipinski definition) is 3. The summed E-state index contributed by atoms with van der Waals surface area (Å²) >= 11 is 0. The molecule has 0 saturated heterocycles. The molecule has 0 aliphatic rings. The van der Waals surface area contributed by atoms with Gasteiger partial charge in [0.2, 0.25) is 0 Å². The number of fused-ring (bicyclic) bond motifs is 1. The monoisotopic (exact) mass is 344 g/mol. The van der Waals surface area contributed by atoms with E-state index in [0.717, 1.165) is 10.9 Å². The number of hydrogen-bond donors (Lipinski definition) is 1. The van der Waals surface area contributed by atoms with Crippen LogP contribution in [0.4, 0.5) is 8.78 Å². The van der Waals surface area contributed by atoms with E-state index in [4.69, 9.17) is 0 Å². The number of aromatic nitrogens is 3. The standard InChI is InChI=1S/C18H18F2N4O/c1-3-11(2)22-18(25)13-10-21-24-15(16(19)20)9-14(23-17(13)24)12-7-5-4-6-8-12/h4-11,16H,3H2,1-2H3,(H,22,25)/t11-/m1/s1. The normalized spacial score (nSPS) is 12.5. The zero-order chi connectivity index (χ0) is 18.0. The second-order valence-corrected chi connectivity index (χ2v) is 5.81. The lowest BCUT2D eigenvalue weighted by Gasteiger charge is -2.11. The van der Waals surface area contributed by atoms with Crippen molar-refractivity contribution >= 4 is 11.6 Å². The number of nitrogens with zero attached hydrogens (tertiary/aromatic N) is 3. The molecule has 25 heavy (non-hydrogen) atoms. The number of nitrogens with one attached hydrogen (secondary N) is 1. The Hall–Kier alpha value is -2.83. The van der Waals surface area contributed by atoms with E-state index in [0.29, 0.717) is 11.3 Å². The van der Waals surface area contributed by atoms with Gasteiger partial charge in [-0.2, -0.15) is 5.10 Å². The molecule has 0 unspecified atom stereocenters. The Labute approximate surface area is 143 Å². The third-order valence-corrected chi connectivity index (χ3v) is 4.03. The Balaban J connectivity index is 2.15. The number of amides is 1. The third kappa shape index (κ3) is 3.35. The molecule has 1 atom stereocenters. The van der Waals surface area contributed by atoms with Gasteiger partial charge in [-0.25, -0.2) is 18.3 Å². The predicted octanol–water partition coefficient (Wildman–Crippen LogP) is 3.86. The van der Waals surface area contributed by atoms with E-state index in [2.05, 4.69) is 15.4 Å². The number of carbonyl (C=O) groups is 1. The summed E-state index contributed by atoms with van der Waals surface area (Å²) < 4.78 is 28.0. The second-order valence-electron chi connectivity index (χ2n) is 5.81. The minimum atomic E-state index is -2.74. The van der Waals surface area contributed by atoms with Crippen LogP contribution in [0.15, 0.2) is 42.6 Å². The molecule has 0 aliphatic heterocycles. The fourth-order valence-electron chi connectivity index (χ4n) is 2.46. The molecule has 0 spiro atoms. The van der Waals surface area contributed by atoms with Crippen molar-refractivity contribution < 1.29 is 13.6 Å². The van der Waals surface area contributed by atoms with Crippen LogP contribution in [0, 0.1) is 0 Å². The Bertz CT molecular complexity index is 893. The Kier molecular flexibility index (Phi) is 4.74. The summed E-state index contributed by atoms with van der Waals surface area (Å²) in [5, 5.41) is 6.75. The molecule has 1 aromatic carbocycles. The summed E-state index contributed by atoms with van der Waals surface area (Å²) in [5.74, 6) is -0.373. The summed E-state index contributed by atoms with van der Waals surface area (Å²) in [6, 6.07) is 10.3. The number of alkyl halides is 2. The smallest absolute Gasteiger partial charge is 0.280 e. The van der Waals surface area contributed by atoms with Crippen molar-refractivity contribution in [1.82, 2.24) is 19.9 Å². The van der Waals surface area contributed by atoms with Crippen molar-refractivity contribution in [3.8, 4) is 11.3 Å². The molecule has 2 heterocycles. The van der Waals surface area contributed by atoms with Gasteiger partial charge in [-0.15, -0.1) is 0 Å². The van der Waals surface area contributed by atoms with Crippen molar-refractivity contribution in [2.24, 2.45) is 0 Å². The van der Waals surface area contributed by atoms with Crippen LogP contribution in [0.3, 0.4) is 0 Å². The first-order chi connectivity index (χ1) is 12.0. The van der Waals surface area contributed by atoms with E-state index in [9.17, 15) is 13.6 Å². The van der Waals surface area contributed by atoms with Gasteiger partial charge >= 0.3 is 0 Å². The van der Waals surface area contributed by atoms with E-state index >= 15 is 0 Å². The fraction of sp³-hybridized carbons (Fsp3) is 0.278. The van der Waals surface area contributed by atoms with Gasteiger partial charge in [-0.05, 0) is 19.4 Å². The minimum absolute atomic E-state index is 0.0330. The van der Waals surface area contributed by atoms with Crippen molar-refractivity contribution in [3.05, 3.63) is 53.9 Å². The topological polar surface area (TPSA) is 59.3 Å². The summed E-state index contributed by atoms with van der Waals surface area (Å²) in [6.45, 7) is 3.82. The highest BCUT2D eigenvalue weighted by Gasteiger charge is 2.22. The highest BCUT2D eigenvalue weighted by atomic mass is 19.3. The van der Waals surface area contributed by atoms with Crippen LogP contribution in [0.25, 0.3) is 16.9 Å². The summed E-state index contributed by atoms with van der Waals surface area (Å²) in [4.78, 5) is 16.8. The molecule has 2 aromatic heterocycles. The van der Waals surface area contributed by atoms with Gasteiger partial charge in [0.25, 0.3) is 12.3 Å². The molecule has 1 N–H and O–H groups in total. The van der Waals surface area contributed by atoms with Gasteiger partial charge < -0.3 is 5.32 Å². The predicted molar refractivity (Wildman–Crippen MR) is 90.6 cm³/mol. The van der Waals surface area contributed by atoms with Crippen molar-refractivity contribution in [2.45, 2.75) is 32.7 Å². The third-order valence-electron chi connectivity index (χ3n) is 4.03. The molecule has 0 saturated carbocycles. The zero-order valence-corrected chi connectivity index (χ0v) is 13.9. The van der Waals surface area contributed by atoms with E-state index in [1.165, 1.54) is 12.3 Å². The largest absolute Gasteiger partial charge is 0.349 e. The first-order valence-electron chi connectivity index (χ1n) is 8.04. The average molecular weight is 344 g/mol. The minimum Gasteiger partial charge on any atom is -0.349 e. The molecular formula is C18H18F2N4O. The first-order valence-corrected chi connectivity index (χ1v) is 8.04. The Morgan fingerprint density at radius 2 is 2.00 bits per heavy atom. The maximum Gasteiger partial charge on any atom is 0.280 e. The molecule has 7 heteroatoms. The highest BCUT2D eigenvalue weighted by molar-refractivity contribution is 6.00. The van der Waals surface area contributed by atoms with Crippen LogP contribution in [0.5, 0.6) is 0 Å². The molecule has 0 fully saturated rings. The maximum atomic E-state index is 13.5. The van der Waals surface area contributed by atoms with E-state index in [-0.39, 0.29) is 28.9 Å². The van der Waals surface area contributed by atoms with Crippen molar-refractivity contribution in [2.75, 3.05) is 0 Å². The summed E-state index contributed by atoms with van der Waals surface area (Å²) in [6.07, 6.45) is -0.699. The van der Waals surface area contributed by atoms with Crippen LogP contribution in [-0.4, -0.2) is 26.5 Å². The van der Waals surface area contributed by atoms with Crippen molar-refractivity contribution in [3.63, 3.8) is 0 Å². The number of carbonyl (C=O) groups excluding carboxylic acids is 1. The highest BCUT2D eigenvalue weighted by Crippen LogP contribution is 2.26. The van der Waals surface area contributed by atoms with Gasteiger partial charge in [-0.1, -0.05) is 37.3 Å². The van der Waals surface area contributed by atoms with Crippen LogP contribution in [0.1, 0.15) is 42.7 Å². The fourth-order valence-corrected chi connectivity index (χ4v) is 2.46. The summed E-state index contributed by atoms with van der Waals surface area (Å²) in [5.41, 5.74) is 1.08. The molecule has 3 rings (SSSR count). The van der Waals surface area contributed by atoms with Gasteiger partial charge in [0.1, 0.15) is 11.3 Å². The molecule has 5 nitrogen and oxygen atoms in total. The van der Waals surface area contributed by atoms with Gasteiger partial charge in [0.15, 0.2) is 5.65 Å². The molecule has 3 aromatic rings. The number of benzene rings is 1. The van der Waals surface area contributed by atoms with Gasteiger partial charge in [0.05, 0.1) is 11.9 Å². The van der Waals surface area contributed by atoms with Gasteiger partial charge in [-0.3, -0.25) is 4.79 Å². The lowest BCUT2D eigenvalue weighted by molar-refractivity contribution is 0.0940. The molecule has 1 amide bonds. The van der Waals surface area contributed by atoms with E-state index < -0.39 is 6.43 Å². The average Bonchev–Trinajstić information content (AvgIpc) is 3.05. The molecule has 0 bridgehead atoms. The summed E-state index contributed by atoms with van der Waals surface area (Å²) in [7, 11) is 0. The van der Waals surface area contributed by atoms with Crippen molar-refractivity contribution in [1.29, 1.82) is 0 Å². The molecule has 0 aliphatic carbocycles. The second kappa shape index (κ2) is 6.96. The zero-order valence-electron chi connectivity index (χ0n) is 13.9. The molecule has 130 valence electrons. The lowest BCUT2D eigenvalue weighted by Crippen LogP contribution is -2.31. The van der Waals surface area contributed by atoms with Crippen LogP contribution in [0.2, 0.25) is 0 Å². The van der Waals surface area contributed by atoms with Gasteiger partial charge in [0, 0.05) is 11.6 Å². The SMILES string of the molecule is CC[C@@H](C)NC(=O)c1cnn2c(C(F)F)cc(-c3ccccc3)nc12. The number of rotatable bonds is 5. The first kappa shape index (κ1) is 17.0. The number of halogens is 2. The molecule has 0 radical (unpaired) electrons. The Morgan fingerprint density at radius 3 is 2.64 bits per heavy atom. The quantitative estimate of drug-likeness (QED) is 0.764. The van der Waals surface area contributed by atoms with Crippen LogP contribution < -0.4 is 5.32 Å². The van der Waals surface area contributed by atoms with E-state index in [1.807, 2.05) is 19.9 Å².